The standard InChI is InChI=1S/C30H44O2/c1-17(2)20-15-25-29(6,23-16-24(31)27(32)19(4)26(20)23)11-9-21-22-14-18(3)8-10-28(22,5)12-13-30(21,25)7/h15-18,20-22,31-32H,8-14H2,1-7H3. The Kier molecular flexibility index (Phi) is 4.91. The Morgan fingerprint density at radius 1 is 0.969 bits per heavy atom. The first-order chi connectivity index (χ1) is 14.9. The molecule has 0 aliphatic heterocycles. The van der Waals surface area contributed by atoms with Gasteiger partial charge in [0.15, 0.2) is 11.5 Å². The Labute approximate surface area is 195 Å². The lowest BCUT2D eigenvalue weighted by molar-refractivity contribution is -0.0811. The number of phenols is 2. The van der Waals surface area contributed by atoms with E-state index in [0.717, 1.165) is 29.7 Å². The third-order valence-electron chi connectivity index (χ3n) is 11.0. The molecule has 3 saturated carbocycles. The third-order valence-corrected chi connectivity index (χ3v) is 11.0. The number of allylic oxidation sites excluding steroid dienone is 2. The maximum atomic E-state index is 10.6. The van der Waals surface area contributed by atoms with E-state index in [-0.39, 0.29) is 22.3 Å². The molecule has 2 heteroatoms. The summed E-state index contributed by atoms with van der Waals surface area (Å²) in [7, 11) is 0. The molecule has 1 aromatic carbocycles. The van der Waals surface area contributed by atoms with Crippen LogP contribution in [-0.4, -0.2) is 10.2 Å². The molecule has 3 fully saturated rings. The molecule has 5 rings (SSSR count). The first-order valence-electron chi connectivity index (χ1n) is 13.2. The van der Waals surface area contributed by atoms with Crippen LogP contribution in [0, 0.1) is 41.4 Å². The summed E-state index contributed by atoms with van der Waals surface area (Å²) in [5.41, 5.74) is 5.80. The molecule has 0 radical (unpaired) electrons. The van der Waals surface area contributed by atoms with Crippen LogP contribution in [0.3, 0.4) is 0 Å². The van der Waals surface area contributed by atoms with Crippen molar-refractivity contribution in [3.63, 3.8) is 0 Å². The number of phenolic OH excluding ortho intramolecular Hbond substituents is 2. The van der Waals surface area contributed by atoms with Gasteiger partial charge in [-0.3, -0.25) is 0 Å². The summed E-state index contributed by atoms with van der Waals surface area (Å²) in [6.45, 7) is 16.7. The van der Waals surface area contributed by atoms with Gasteiger partial charge >= 0.3 is 0 Å². The Morgan fingerprint density at radius 3 is 2.38 bits per heavy atom. The van der Waals surface area contributed by atoms with E-state index in [1.807, 2.05) is 13.0 Å². The molecule has 2 nitrogen and oxygen atoms in total. The SMILES string of the molecule is Cc1c(O)c(O)cc2c1C(C(C)C)C=C1C2(C)CCC2C3CC(C)CCC3(C)CCC12C. The number of hydrogen-bond donors (Lipinski definition) is 2. The van der Waals surface area contributed by atoms with Crippen molar-refractivity contribution >= 4 is 0 Å². The van der Waals surface area contributed by atoms with E-state index in [1.54, 1.807) is 5.57 Å². The minimum absolute atomic E-state index is 0.0457. The fraction of sp³-hybridized carbons (Fsp3) is 0.733. The predicted molar refractivity (Wildman–Crippen MR) is 132 cm³/mol. The van der Waals surface area contributed by atoms with E-state index in [2.05, 4.69) is 47.6 Å². The van der Waals surface area contributed by atoms with E-state index < -0.39 is 0 Å². The Bertz CT molecular complexity index is 974. The molecule has 4 aliphatic carbocycles. The van der Waals surface area contributed by atoms with Crippen LogP contribution in [0.2, 0.25) is 0 Å². The topological polar surface area (TPSA) is 40.5 Å². The molecule has 0 spiro atoms. The molecule has 1 aromatic rings. The summed E-state index contributed by atoms with van der Waals surface area (Å²) in [4.78, 5) is 0. The molecule has 176 valence electrons. The van der Waals surface area contributed by atoms with Crippen molar-refractivity contribution in [1.29, 1.82) is 0 Å². The molecule has 0 saturated heterocycles. The molecular weight excluding hydrogens is 392 g/mol. The summed E-state index contributed by atoms with van der Waals surface area (Å²) in [5, 5.41) is 21.2. The maximum absolute atomic E-state index is 10.6. The highest BCUT2D eigenvalue weighted by atomic mass is 16.3. The van der Waals surface area contributed by atoms with E-state index >= 15 is 0 Å². The minimum atomic E-state index is -0.0457. The zero-order valence-electron chi connectivity index (χ0n) is 21.4. The van der Waals surface area contributed by atoms with Gasteiger partial charge in [0.2, 0.25) is 0 Å². The van der Waals surface area contributed by atoms with Crippen molar-refractivity contribution in [2.75, 3.05) is 0 Å². The van der Waals surface area contributed by atoms with E-state index in [0.29, 0.717) is 17.3 Å². The van der Waals surface area contributed by atoms with Crippen LogP contribution in [0.25, 0.3) is 0 Å². The van der Waals surface area contributed by atoms with Gasteiger partial charge in [-0.1, -0.05) is 59.6 Å². The second-order valence-electron chi connectivity index (χ2n) is 13.2. The quantitative estimate of drug-likeness (QED) is 0.346. The van der Waals surface area contributed by atoms with Gasteiger partial charge in [0.1, 0.15) is 0 Å². The zero-order chi connectivity index (χ0) is 23.2. The average Bonchev–Trinajstić information content (AvgIpc) is 2.73. The average molecular weight is 437 g/mol. The van der Waals surface area contributed by atoms with Crippen LogP contribution in [0.15, 0.2) is 17.7 Å². The van der Waals surface area contributed by atoms with Crippen molar-refractivity contribution < 1.29 is 10.2 Å². The van der Waals surface area contributed by atoms with Crippen LogP contribution >= 0.6 is 0 Å². The van der Waals surface area contributed by atoms with Crippen LogP contribution in [-0.2, 0) is 5.41 Å². The first kappa shape index (κ1) is 22.4. The first-order valence-corrected chi connectivity index (χ1v) is 13.2. The van der Waals surface area contributed by atoms with Crippen molar-refractivity contribution in [2.24, 2.45) is 34.5 Å². The maximum Gasteiger partial charge on any atom is 0.160 e. The van der Waals surface area contributed by atoms with Gasteiger partial charge in [0.05, 0.1) is 0 Å². The van der Waals surface area contributed by atoms with Crippen molar-refractivity contribution in [3.8, 4) is 11.5 Å². The second-order valence-corrected chi connectivity index (χ2v) is 13.2. The van der Waals surface area contributed by atoms with E-state index in [9.17, 15) is 10.2 Å². The summed E-state index contributed by atoms with van der Waals surface area (Å²) in [6, 6.07) is 1.92. The number of benzene rings is 1. The lowest BCUT2D eigenvalue weighted by atomic mass is 9.40. The summed E-state index contributed by atoms with van der Waals surface area (Å²) >= 11 is 0. The van der Waals surface area contributed by atoms with Gasteiger partial charge in [0, 0.05) is 11.3 Å². The second kappa shape index (κ2) is 7.03. The highest BCUT2D eigenvalue weighted by Gasteiger charge is 2.60. The van der Waals surface area contributed by atoms with Gasteiger partial charge in [-0.05, 0) is 103 Å². The van der Waals surface area contributed by atoms with Gasteiger partial charge < -0.3 is 10.2 Å². The number of fused-ring (bicyclic) bond motifs is 7. The lowest BCUT2D eigenvalue weighted by Gasteiger charge is -2.64. The van der Waals surface area contributed by atoms with Crippen molar-refractivity contribution in [3.05, 3.63) is 34.4 Å². The smallest absolute Gasteiger partial charge is 0.160 e. The molecule has 0 amide bonds. The molecule has 0 aromatic heterocycles. The molecule has 32 heavy (non-hydrogen) atoms. The normalized spacial score (nSPS) is 43.1. The zero-order valence-corrected chi connectivity index (χ0v) is 21.4. The van der Waals surface area contributed by atoms with Gasteiger partial charge in [-0.2, -0.15) is 0 Å². The fourth-order valence-corrected chi connectivity index (χ4v) is 8.93. The molecule has 7 atom stereocenters. The Balaban J connectivity index is 1.67. The monoisotopic (exact) mass is 436 g/mol. The summed E-state index contributed by atoms with van der Waals surface area (Å²) in [5.74, 6) is 3.34. The molecule has 0 heterocycles. The van der Waals surface area contributed by atoms with Crippen LogP contribution in [0.5, 0.6) is 11.5 Å². The molecule has 2 N–H and O–H groups in total. The molecular formula is C30H44O2. The van der Waals surface area contributed by atoms with Gasteiger partial charge in [-0.15, -0.1) is 0 Å². The predicted octanol–water partition coefficient (Wildman–Crippen LogP) is 8.00. The molecule has 0 bridgehead atoms. The minimum Gasteiger partial charge on any atom is -0.504 e. The van der Waals surface area contributed by atoms with Crippen LogP contribution in [0.1, 0.15) is 109 Å². The molecule has 7 unspecified atom stereocenters. The van der Waals surface area contributed by atoms with Crippen LogP contribution in [0.4, 0.5) is 0 Å². The summed E-state index contributed by atoms with van der Waals surface area (Å²) < 4.78 is 0. The fourth-order valence-electron chi connectivity index (χ4n) is 8.93. The Hall–Kier alpha value is -1.44. The largest absolute Gasteiger partial charge is 0.504 e. The van der Waals surface area contributed by atoms with Crippen molar-refractivity contribution in [1.82, 2.24) is 0 Å². The van der Waals surface area contributed by atoms with Gasteiger partial charge in [-0.25, -0.2) is 0 Å². The highest BCUT2D eigenvalue weighted by Crippen LogP contribution is 2.69. The van der Waals surface area contributed by atoms with Crippen LogP contribution < -0.4 is 0 Å². The third kappa shape index (κ3) is 2.83. The van der Waals surface area contributed by atoms with Gasteiger partial charge in [0.25, 0.3) is 0 Å². The van der Waals surface area contributed by atoms with Crippen molar-refractivity contribution in [2.45, 2.75) is 105 Å². The highest BCUT2D eigenvalue weighted by molar-refractivity contribution is 5.62. The van der Waals surface area contributed by atoms with E-state index in [4.69, 9.17) is 0 Å². The number of rotatable bonds is 1. The molecule has 4 aliphatic rings. The van der Waals surface area contributed by atoms with E-state index in [1.165, 1.54) is 49.7 Å². The number of aromatic hydroxyl groups is 2. The number of hydrogen-bond acceptors (Lipinski definition) is 2. The summed E-state index contributed by atoms with van der Waals surface area (Å²) in [6.07, 6.45) is 11.9. The lowest BCUT2D eigenvalue weighted by Crippen LogP contribution is -2.56. The Morgan fingerprint density at radius 2 is 1.69 bits per heavy atom.